The highest BCUT2D eigenvalue weighted by Crippen LogP contribution is 2.53. The normalized spacial score (nSPS) is 28.2. The lowest BCUT2D eigenvalue weighted by molar-refractivity contribution is -0.153. The van der Waals surface area contributed by atoms with E-state index in [1.54, 1.807) is 20.2 Å². The lowest BCUT2D eigenvalue weighted by atomic mass is 9.57. The van der Waals surface area contributed by atoms with Crippen LogP contribution in [-0.4, -0.2) is 75.1 Å². The Morgan fingerprint density at radius 1 is 1.24 bits per heavy atom. The number of nitrogens with zero attached hydrogens (tertiary/aromatic N) is 1. The largest absolute Gasteiger partial charge is 0.508 e. The summed E-state index contributed by atoms with van der Waals surface area (Å²) in [6.45, 7) is 2.49. The van der Waals surface area contributed by atoms with Crippen LogP contribution < -0.4 is 11.1 Å². The number of rotatable bonds is 4. The fraction of sp³-hybridized carbons (Fsp3) is 0.435. The van der Waals surface area contributed by atoms with E-state index in [4.69, 9.17) is 5.73 Å². The van der Waals surface area contributed by atoms with E-state index < -0.39 is 58.0 Å². The zero-order valence-corrected chi connectivity index (χ0v) is 19.8. The first-order valence-corrected chi connectivity index (χ1v) is 10.7. The third-order valence-electron chi connectivity index (χ3n) is 6.97. The van der Waals surface area contributed by atoms with Crippen LogP contribution >= 0.6 is 12.4 Å². The second-order valence-electron chi connectivity index (χ2n) is 8.98. The van der Waals surface area contributed by atoms with Gasteiger partial charge >= 0.3 is 0 Å². The van der Waals surface area contributed by atoms with Gasteiger partial charge in [0, 0.05) is 23.7 Å². The predicted octanol–water partition coefficient (Wildman–Crippen LogP) is 0.818. The number of halogens is 1. The van der Waals surface area contributed by atoms with Gasteiger partial charge in [0.1, 0.15) is 22.8 Å². The van der Waals surface area contributed by atoms with Crippen LogP contribution in [-0.2, 0) is 20.8 Å². The molecule has 1 amide bonds. The van der Waals surface area contributed by atoms with E-state index in [0.717, 1.165) is 0 Å². The Morgan fingerprint density at radius 2 is 1.88 bits per heavy atom. The number of aliphatic hydroxyl groups excluding tert-OH is 2. The van der Waals surface area contributed by atoms with Gasteiger partial charge in [-0.25, -0.2) is 0 Å². The van der Waals surface area contributed by atoms with E-state index in [1.165, 1.54) is 11.0 Å². The maximum absolute atomic E-state index is 13.7. The second-order valence-corrected chi connectivity index (χ2v) is 8.98. The van der Waals surface area contributed by atoms with Crippen molar-refractivity contribution >= 4 is 41.3 Å². The molecule has 10 nitrogen and oxygen atoms in total. The van der Waals surface area contributed by atoms with Gasteiger partial charge in [-0.05, 0) is 57.5 Å². The number of fused-ring (bicyclic) bond motifs is 3. The second kappa shape index (κ2) is 8.61. The van der Waals surface area contributed by atoms with E-state index in [0.29, 0.717) is 17.8 Å². The molecule has 34 heavy (non-hydrogen) atoms. The third kappa shape index (κ3) is 3.28. The lowest BCUT2D eigenvalue weighted by Crippen LogP contribution is -2.65. The minimum Gasteiger partial charge on any atom is -0.508 e. The number of carbonyl (C=O) groups excluding carboxylic acids is 3. The van der Waals surface area contributed by atoms with Gasteiger partial charge in [0.25, 0.3) is 5.91 Å². The van der Waals surface area contributed by atoms with E-state index in [1.807, 2.05) is 6.92 Å². The van der Waals surface area contributed by atoms with Gasteiger partial charge < -0.3 is 31.5 Å². The maximum atomic E-state index is 13.7. The highest BCUT2D eigenvalue weighted by Gasteiger charge is 2.64. The molecule has 1 fully saturated rings. The van der Waals surface area contributed by atoms with Crippen LogP contribution in [0.25, 0.3) is 5.76 Å². The fourth-order valence-electron chi connectivity index (χ4n) is 5.60. The van der Waals surface area contributed by atoms with Crippen LogP contribution in [0.4, 0.5) is 5.69 Å². The molecule has 11 heteroatoms. The number of carbonyl (C=O) groups is 3. The van der Waals surface area contributed by atoms with Gasteiger partial charge in [-0.3, -0.25) is 19.3 Å². The van der Waals surface area contributed by atoms with Crippen molar-refractivity contribution < 1.29 is 34.8 Å². The number of aliphatic hydroxyl groups is 3. The SMILES string of the molecule is CCNc1ccc(O)c2c1CC1CC3[C@H](N(C)C)C(=O)C(C(N)=O)=C(O)[C@@]3(O)C(=O)C1=C2O.Cl. The zero-order chi connectivity index (χ0) is 24.4. The molecule has 0 saturated heterocycles. The summed E-state index contributed by atoms with van der Waals surface area (Å²) in [6, 6.07) is 1.97. The number of hydrogen-bond acceptors (Lipinski definition) is 9. The van der Waals surface area contributed by atoms with Crippen LogP contribution in [0.15, 0.2) is 29.0 Å². The Balaban J connectivity index is 0.00000324. The number of Topliss-reactive ketones (excluding diaryl/α,β-unsaturated/α-hetero) is 2. The van der Waals surface area contributed by atoms with Gasteiger partial charge in [0.2, 0.25) is 5.78 Å². The number of aromatic hydroxyl groups is 1. The molecule has 0 radical (unpaired) electrons. The zero-order valence-electron chi connectivity index (χ0n) is 19.0. The number of ketones is 2. The minimum atomic E-state index is -2.63. The number of nitrogens with two attached hydrogens (primary N) is 1. The molecule has 0 aliphatic heterocycles. The van der Waals surface area contributed by atoms with Crippen LogP contribution in [0.1, 0.15) is 24.5 Å². The molecule has 0 heterocycles. The summed E-state index contributed by atoms with van der Waals surface area (Å²) in [5.74, 6) is -6.55. The first kappa shape index (κ1) is 25.5. The molecule has 4 atom stereocenters. The van der Waals surface area contributed by atoms with Crippen molar-refractivity contribution in [3.05, 3.63) is 40.2 Å². The summed E-state index contributed by atoms with van der Waals surface area (Å²) in [5.41, 5.74) is 3.07. The molecular formula is C23H28ClN3O7. The van der Waals surface area contributed by atoms with E-state index in [9.17, 15) is 34.8 Å². The smallest absolute Gasteiger partial charge is 0.255 e. The minimum absolute atomic E-state index is 0. The van der Waals surface area contributed by atoms with Crippen molar-refractivity contribution in [2.45, 2.75) is 31.4 Å². The fourth-order valence-corrected chi connectivity index (χ4v) is 5.60. The van der Waals surface area contributed by atoms with Crippen LogP contribution in [0.5, 0.6) is 5.75 Å². The number of hydrogen-bond donors (Lipinski definition) is 6. The number of phenolic OH excluding ortho intramolecular Hbond substituents is 1. The molecule has 0 spiro atoms. The quantitative estimate of drug-likeness (QED) is 0.262. The van der Waals surface area contributed by atoms with E-state index >= 15 is 0 Å². The van der Waals surface area contributed by atoms with Crippen molar-refractivity contribution in [3.63, 3.8) is 0 Å². The summed E-state index contributed by atoms with van der Waals surface area (Å²) in [4.78, 5) is 40.1. The Labute approximate surface area is 202 Å². The van der Waals surface area contributed by atoms with Crippen molar-refractivity contribution in [1.82, 2.24) is 4.90 Å². The Hall–Kier alpha value is -3.08. The molecule has 1 saturated carbocycles. The van der Waals surface area contributed by atoms with Gasteiger partial charge in [0.15, 0.2) is 11.4 Å². The summed E-state index contributed by atoms with van der Waals surface area (Å²) in [7, 11) is 3.13. The number of benzene rings is 1. The molecule has 184 valence electrons. The van der Waals surface area contributed by atoms with Gasteiger partial charge in [-0.1, -0.05) is 0 Å². The topological polar surface area (TPSA) is 173 Å². The van der Waals surface area contributed by atoms with Crippen molar-refractivity contribution in [1.29, 1.82) is 0 Å². The van der Waals surface area contributed by atoms with Gasteiger partial charge in [-0.15, -0.1) is 12.4 Å². The lowest BCUT2D eigenvalue weighted by Gasteiger charge is -2.50. The molecule has 1 aromatic rings. The molecule has 0 bridgehead atoms. The van der Waals surface area contributed by atoms with Gasteiger partial charge in [-0.2, -0.15) is 0 Å². The van der Waals surface area contributed by atoms with E-state index in [2.05, 4.69) is 5.32 Å². The summed E-state index contributed by atoms with van der Waals surface area (Å²) in [6.07, 6.45) is 0.318. The molecule has 7 N–H and O–H groups in total. The first-order valence-electron chi connectivity index (χ1n) is 10.7. The van der Waals surface area contributed by atoms with Crippen molar-refractivity contribution in [2.75, 3.05) is 26.0 Å². The van der Waals surface area contributed by atoms with Crippen LogP contribution in [0.2, 0.25) is 0 Å². The monoisotopic (exact) mass is 493 g/mol. The molecule has 1 aromatic carbocycles. The molecule has 0 aromatic heterocycles. The molecule has 2 unspecified atom stereocenters. The molecule has 3 aliphatic rings. The summed E-state index contributed by atoms with van der Waals surface area (Å²) >= 11 is 0. The first-order chi connectivity index (χ1) is 15.5. The number of anilines is 1. The molecule has 4 rings (SSSR count). The summed E-state index contributed by atoms with van der Waals surface area (Å²) in [5, 5.41) is 47.0. The predicted molar refractivity (Wildman–Crippen MR) is 126 cm³/mol. The standard InChI is InChI=1S/C23H27N3O7.ClH/c1-4-25-12-5-6-13(27)15-10(12)7-9-8-11-17(26(2)3)19(29)16(22(24)32)21(31)23(11,33)20(30)14(9)18(15)28;/h5-6,9,11,17,25,27-28,31,33H,4,7-8H2,1-3H3,(H2,24,32);1H/t9?,11?,17-,23-;/m0./s1. The number of amides is 1. The Kier molecular flexibility index (Phi) is 6.47. The highest BCUT2D eigenvalue weighted by atomic mass is 35.5. The van der Waals surface area contributed by atoms with Crippen LogP contribution in [0.3, 0.4) is 0 Å². The number of phenols is 1. The summed E-state index contributed by atoms with van der Waals surface area (Å²) < 4.78 is 0. The van der Waals surface area contributed by atoms with Crippen molar-refractivity contribution in [2.24, 2.45) is 17.6 Å². The highest BCUT2D eigenvalue weighted by molar-refractivity contribution is 6.24. The average Bonchev–Trinajstić information content (AvgIpc) is 2.72. The van der Waals surface area contributed by atoms with Crippen LogP contribution in [0, 0.1) is 11.8 Å². The van der Waals surface area contributed by atoms with E-state index in [-0.39, 0.29) is 42.1 Å². The Morgan fingerprint density at radius 3 is 2.44 bits per heavy atom. The average molecular weight is 494 g/mol. The third-order valence-corrected chi connectivity index (χ3v) is 6.97. The number of likely N-dealkylation sites (N-methyl/N-ethyl adjacent to an activating group) is 1. The van der Waals surface area contributed by atoms with Crippen molar-refractivity contribution in [3.8, 4) is 5.75 Å². The molecule has 3 aliphatic carbocycles. The Bertz CT molecular complexity index is 1160. The molecular weight excluding hydrogens is 466 g/mol. The van der Waals surface area contributed by atoms with Gasteiger partial charge in [0.05, 0.1) is 11.6 Å². The number of nitrogens with one attached hydrogen (secondary N) is 1. The maximum Gasteiger partial charge on any atom is 0.255 e. The number of primary amides is 1.